The van der Waals surface area contributed by atoms with Crippen LogP contribution in [0.15, 0.2) is 18.2 Å². The number of likely N-dealkylation sites (tertiary alicyclic amines) is 1. The lowest BCUT2D eigenvalue weighted by atomic mass is 9.87. The highest BCUT2D eigenvalue weighted by molar-refractivity contribution is 5.78. The first-order chi connectivity index (χ1) is 10.7. The largest absolute Gasteiger partial charge is 0.484 e. The molecule has 2 heterocycles. The number of ether oxygens (including phenoxy) is 2. The van der Waals surface area contributed by atoms with E-state index in [0.29, 0.717) is 0 Å². The molecule has 0 radical (unpaired) electrons. The fraction of sp³-hybridized carbons (Fsp3) is 0.611. The quantitative estimate of drug-likeness (QED) is 0.859. The maximum atomic E-state index is 12.4. The van der Waals surface area contributed by atoms with E-state index in [1.165, 1.54) is 24.0 Å². The molecular formula is C18H23NO3. The number of carbonyl (C=O) groups excluding carboxylic acids is 1. The van der Waals surface area contributed by atoms with Crippen molar-refractivity contribution >= 4 is 5.91 Å². The van der Waals surface area contributed by atoms with E-state index in [1.54, 1.807) is 0 Å². The molecule has 4 nitrogen and oxygen atoms in total. The summed E-state index contributed by atoms with van der Waals surface area (Å²) >= 11 is 0. The van der Waals surface area contributed by atoms with Gasteiger partial charge in [0.25, 0.3) is 5.91 Å². The Kier molecular flexibility index (Phi) is 3.57. The molecule has 1 aromatic rings. The number of fused-ring (bicyclic) bond motifs is 1. The average molecular weight is 301 g/mol. The zero-order chi connectivity index (χ0) is 15.0. The maximum Gasteiger partial charge on any atom is 0.260 e. The summed E-state index contributed by atoms with van der Waals surface area (Å²) in [5, 5.41) is 0. The fourth-order valence-corrected chi connectivity index (χ4v) is 3.99. The van der Waals surface area contributed by atoms with Crippen LogP contribution in [-0.4, -0.2) is 43.7 Å². The molecule has 1 spiro atoms. The van der Waals surface area contributed by atoms with Gasteiger partial charge in [-0.1, -0.05) is 6.07 Å². The van der Waals surface area contributed by atoms with Gasteiger partial charge in [0.2, 0.25) is 0 Å². The molecule has 1 amide bonds. The van der Waals surface area contributed by atoms with Crippen molar-refractivity contribution in [3.8, 4) is 5.75 Å². The van der Waals surface area contributed by atoms with E-state index >= 15 is 0 Å². The molecule has 3 aliphatic rings. The minimum atomic E-state index is 0.101. The lowest BCUT2D eigenvalue weighted by molar-refractivity contribution is -0.132. The molecule has 118 valence electrons. The van der Waals surface area contributed by atoms with Crippen LogP contribution in [0.4, 0.5) is 0 Å². The summed E-state index contributed by atoms with van der Waals surface area (Å²) in [6, 6.07) is 6.24. The molecular weight excluding hydrogens is 278 g/mol. The highest BCUT2D eigenvalue weighted by Crippen LogP contribution is 2.38. The molecule has 4 rings (SSSR count). The minimum absolute atomic E-state index is 0.101. The molecule has 2 saturated heterocycles. The Hall–Kier alpha value is -1.55. The van der Waals surface area contributed by atoms with Crippen LogP contribution in [0, 0.1) is 5.41 Å². The van der Waals surface area contributed by atoms with E-state index in [-0.39, 0.29) is 17.9 Å². The van der Waals surface area contributed by atoms with Gasteiger partial charge in [0.15, 0.2) is 6.61 Å². The van der Waals surface area contributed by atoms with Crippen LogP contribution in [0.3, 0.4) is 0 Å². The van der Waals surface area contributed by atoms with Crippen LogP contribution in [0.2, 0.25) is 0 Å². The molecule has 1 atom stereocenters. The van der Waals surface area contributed by atoms with Crippen molar-refractivity contribution < 1.29 is 14.3 Å². The minimum Gasteiger partial charge on any atom is -0.484 e. The predicted octanol–water partition coefficient (Wildman–Crippen LogP) is 2.19. The molecule has 0 saturated carbocycles. The van der Waals surface area contributed by atoms with Gasteiger partial charge in [-0.15, -0.1) is 0 Å². The monoisotopic (exact) mass is 301 g/mol. The van der Waals surface area contributed by atoms with Gasteiger partial charge in [-0.05, 0) is 55.4 Å². The van der Waals surface area contributed by atoms with Crippen molar-refractivity contribution in [2.75, 3.05) is 32.9 Å². The molecule has 2 aliphatic heterocycles. The molecule has 4 heteroatoms. The molecule has 22 heavy (non-hydrogen) atoms. The summed E-state index contributed by atoms with van der Waals surface area (Å²) in [6.45, 7) is 3.47. The smallest absolute Gasteiger partial charge is 0.260 e. The average Bonchev–Trinajstić information content (AvgIpc) is 3.26. The Morgan fingerprint density at radius 2 is 2.18 bits per heavy atom. The summed E-state index contributed by atoms with van der Waals surface area (Å²) in [5.74, 6) is 0.927. The van der Waals surface area contributed by atoms with Crippen molar-refractivity contribution in [2.24, 2.45) is 5.41 Å². The van der Waals surface area contributed by atoms with Gasteiger partial charge in [-0.25, -0.2) is 0 Å². The maximum absolute atomic E-state index is 12.4. The number of nitrogens with zero attached hydrogens (tertiary/aromatic N) is 1. The summed E-state index contributed by atoms with van der Waals surface area (Å²) in [5.41, 5.74) is 3.04. The normalized spacial score (nSPS) is 26.6. The summed E-state index contributed by atoms with van der Waals surface area (Å²) < 4.78 is 11.2. The molecule has 1 aliphatic carbocycles. The van der Waals surface area contributed by atoms with E-state index < -0.39 is 0 Å². The van der Waals surface area contributed by atoms with E-state index in [9.17, 15) is 4.79 Å². The van der Waals surface area contributed by atoms with Gasteiger partial charge in [-0.2, -0.15) is 0 Å². The lowest BCUT2D eigenvalue weighted by Gasteiger charge is -2.22. The SMILES string of the molecule is O=C(COc1ccc2c(c1)CCC2)N1CCC2(CCOC2)C1. The number of hydrogen-bond acceptors (Lipinski definition) is 3. The Morgan fingerprint density at radius 3 is 3.05 bits per heavy atom. The van der Waals surface area contributed by atoms with Crippen LogP contribution in [0.1, 0.15) is 30.4 Å². The fourth-order valence-electron chi connectivity index (χ4n) is 3.99. The Balaban J connectivity index is 1.33. The first kappa shape index (κ1) is 14.1. The highest BCUT2D eigenvalue weighted by atomic mass is 16.5. The number of amides is 1. The van der Waals surface area contributed by atoms with Gasteiger partial charge in [0.1, 0.15) is 5.75 Å². The molecule has 2 fully saturated rings. The van der Waals surface area contributed by atoms with Crippen LogP contribution in [0.25, 0.3) is 0 Å². The van der Waals surface area contributed by atoms with Crippen molar-refractivity contribution in [2.45, 2.75) is 32.1 Å². The third kappa shape index (κ3) is 2.60. The van der Waals surface area contributed by atoms with Gasteiger partial charge < -0.3 is 14.4 Å². The van der Waals surface area contributed by atoms with Gasteiger partial charge in [0.05, 0.1) is 6.61 Å². The third-order valence-electron chi connectivity index (χ3n) is 5.41. The lowest BCUT2D eigenvalue weighted by Crippen LogP contribution is -2.35. The standard InChI is InChI=1S/C18H23NO3/c20-17(19-8-6-18(12-19)7-9-21-13-18)11-22-16-5-4-14-2-1-3-15(14)10-16/h4-5,10H,1-3,6-9,11-13H2. The first-order valence-electron chi connectivity index (χ1n) is 8.34. The van der Waals surface area contributed by atoms with Gasteiger partial charge in [-0.3, -0.25) is 4.79 Å². The highest BCUT2D eigenvalue weighted by Gasteiger charge is 2.42. The zero-order valence-corrected chi connectivity index (χ0v) is 13.0. The van der Waals surface area contributed by atoms with Crippen molar-refractivity contribution in [1.82, 2.24) is 4.90 Å². The predicted molar refractivity (Wildman–Crippen MR) is 83.0 cm³/mol. The van der Waals surface area contributed by atoms with Crippen LogP contribution in [-0.2, 0) is 22.4 Å². The topological polar surface area (TPSA) is 38.8 Å². The van der Waals surface area contributed by atoms with Gasteiger partial charge >= 0.3 is 0 Å². The number of aryl methyl sites for hydroxylation is 2. The van der Waals surface area contributed by atoms with Crippen molar-refractivity contribution in [1.29, 1.82) is 0 Å². The second kappa shape index (κ2) is 5.58. The van der Waals surface area contributed by atoms with E-state index in [0.717, 1.165) is 51.3 Å². The molecule has 1 unspecified atom stereocenters. The summed E-state index contributed by atoms with van der Waals surface area (Å²) in [6.07, 6.45) is 5.69. The van der Waals surface area contributed by atoms with E-state index in [2.05, 4.69) is 12.1 Å². The number of carbonyl (C=O) groups is 1. The Morgan fingerprint density at radius 1 is 1.27 bits per heavy atom. The molecule has 0 bridgehead atoms. The number of hydrogen-bond donors (Lipinski definition) is 0. The third-order valence-corrected chi connectivity index (χ3v) is 5.41. The Bertz CT molecular complexity index is 578. The molecule has 0 N–H and O–H groups in total. The van der Waals surface area contributed by atoms with Crippen molar-refractivity contribution in [3.05, 3.63) is 29.3 Å². The number of rotatable bonds is 3. The summed E-state index contributed by atoms with van der Waals surface area (Å²) in [4.78, 5) is 14.3. The van der Waals surface area contributed by atoms with Crippen LogP contribution < -0.4 is 4.74 Å². The van der Waals surface area contributed by atoms with Crippen LogP contribution >= 0.6 is 0 Å². The van der Waals surface area contributed by atoms with E-state index in [1.807, 2.05) is 11.0 Å². The molecule has 1 aromatic carbocycles. The second-order valence-electron chi connectivity index (χ2n) is 6.94. The van der Waals surface area contributed by atoms with Crippen molar-refractivity contribution in [3.63, 3.8) is 0 Å². The molecule has 0 aromatic heterocycles. The zero-order valence-electron chi connectivity index (χ0n) is 13.0. The van der Waals surface area contributed by atoms with Gasteiger partial charge in [0, 0.05) is 25.1 Å². The van der Waals surface area contributed by atoms with Crippen LogP contribution in [0.5, 0.6) is 5.75 Å². The summed E-state index contributed by atoms with van der Waals surface area (Å²) in [7, 11) is 0. The Labute approximate surface area is 131 Å². The second-order valence-corrected chi connectivity index (χ2v) is 6.94. The first-order valence-corrected chi connectivity index (χ1v) is 8.34. The van der Waals surface area contributed by atoms with E-state index in [4.69, 9.17) is 9.47 Å². The number of benzene rings is 1.